The SMILES string of the molecule is CC1(CO)CCCC1NC(=O)CSc1nc2ccccc2s1. The van der Waals surface area contributed by atoms with Crippen molar-refractivity contribution >= 4 is 39.2 Å². The van der Waals surface area contributed by atoms with Gasteiger partial charge in [0.15, 0.2) is 4.34 Å². The number of aliphatic hydroxyl groups is 1. The first-order valence-electron chi connectivity index (χ1n) is 7.49. The Labute approximate surface area is 138 Å². The van der Waals surface area contributed by atoms with Crippen molar-refractivity contribution < 1.29 is 9.90 Å². The highest BCUT2D eigenvalue weighted by Gasteiger charge is 2.38. The summed E-state index contributed by atoms with van der Waals surface area (Å²) in [6, 6.07) is 8.08. The molecule has 6 heteroatoms. The summed E-state index contributed by atoms with van der Waals surface area (Å²) in [5.74, 6) is 0.397. The van der Waals surface area contributed by atoms with Crippen LogP contribution in [0.1, 0.15) is 26.2 Å². The van der Waals surface area contributed by atoms with E-state index >= 15 is 0 Å². The zero-order valence-corrected chi connectivity index (χ0v) is 14.2. The Morgan fingerprint density at radius 3 is 3.14 bits per heavy atom. The van der Waals surface area contributed by atoms with E-state index in [0.29, 0.717) is 5.75 Å². The lowest BCUT2D eigenvalue weighted by molar-refractivity contribution is -0.120. The van der Waals surface area contributed by atoms with Crippen LogP contribution in [-0.2, 0) is 4.79 Å². The van der Waals surface area contributed by atoms with Gasteiger partial charge in [-0.05, 0) is 25.0 Å². The number of thioether (sulfide) groups is 1. The Kier molecular flexibility index (Phi) is 4.70. The van der Waals surface area contributed by atoms with E-state index in [0.717, 1.165) is 33.8 Å². The predicted molar refractivity (Wildman–Crippen MR) is 91.3 cm³/mol. The van der Waals surface area contributed by atoms with Gasteiger partial charge in [-0.25, -0.2) is 4.98 Å². The van der Waals surface area contributed by atoms with Crippen molar-refractivity contribution in [3.63, 3.8) is 0 Å². The van der Waals surface area contributed by atoms with Gasteiger partial charge in [-0.1, -0.05) is 37.2 Å². The number of hydrogen-bond donors (Lipinski definition) is 2. The van der Waals surface area contributed by atoms with Gasteiger partial charge in [0.2, 0.25) is 5.91 Å². The summed E-state index contributed by atoms with van der Waals surface area (Å²) < 4.78 is 2.07. The average Bonchev–Trinajstić information content (AvgIpc) is 3.09. The molecule has 1 aromatic heterocycles. The molecule has 3 rings (SSSR count). The molecule has 1 saturated carbocycles. The van der Waals surface area contributed by atoms with E-state index in [-0.39, 0.29) is 24.0 Å². The highest BCUT2D eigenvalue weighted by atomic mass is 32.2. The minimum absolute atomic E-state index is 0.0239. The molecule has 2 unspecified atom stereocenters. The second-order valence-corrected chi connectivity index (χ2v) is 8.31. The van der Waals surface area contributed by atoms with Crippen molar-refractivity contribution in [3.8, 4) is 0 Å². The Morgan fingerprint density at radius 2 is 2.36 bits per heavy atom. The van der Waals surface area contributed by atoms with Crippen LogP contribution in [0.5, 0.6) is 0 Å². The fourth-order valence-electron chi connectivity index (χ4n) is 2.94. The minimum atomic E-state index is -0.170. The summed E-state index contributed by atoms with van der Waals surface area (Å²) in [4.78, 5) is 16.7. The maximum atomic E-state index is 12.2. The molecule has 0 spiro atoms. The second-order valence-electron chi connectivity index (χ2n) is 6.06. The molecule has 2 N–H and O–H groups in total. The molecule has 0 bridgehead atoms. The molecule has 2 atom stereocenters. The maximum Gasteiger partial charge on any atom is 0.230 e. The van der Waals surface area contributed by atoms with Gasteiger partial charge >= 0.3 is 0 Å². The van der Waals surface area contributed by atoms with Gasteiger partial charge in [-0.3, -0.25) is 4.79 Å². The molecule has 1 amide bonds. The summed E-state index contributed by atoms with van der Waals surface area (Å²) in [7, 11) is 0. The zero-order valence-electron chi connectivity index (χ0n) is 12.5. The quantitative estimate of drug-likeness (QED) is 0.824. The molecule has 1 aliphatic carbocycles. The molecule has 0 saturated heterocycles. The number of carbonyl (C=O) groups excluding carboxylic acids is 1. The molecule has 4 nitrogen and oxygen atoms in total. The van der Waals surface area contributed by atoms with Crippen LogP contribution in [0.25, 0.3) is 10.2 Å². The first-order valence-corrected chi connectivity index (χ1v) is 9.29. The van der Waals surface area contributed by atoms with Crippen LogP contribution in [-0.4, -0.2) is 34.4 Å². The van der Waals surface area contributed by atoms with Crippen LogP contribution in [0.3, 0.4) is 0 Å². The largest absolute Gasteiger partial charge is 0.396 e. The standard InChI is InChI=1S/C16H20N2O2S2/c1-16(10-19)8-4-7-13(16)18-14(20)9-21-15-17-11-5-2-3-6-12(11)22-15/h2-3,5-6,13,19H,4,7-10H2,1H3,(H,18,20). The third kappa shape index (κ3) is 3.29. The fraction of sp³-hybridized carbons (Fsp3) is 0.500. The number of carbonyl (C=O) groups is 1. The Hall–Kier alpha value is -1.11. The highest BCUT2D eigenvalue weighted by molar-refractivity contribution is 8.01. The van der Waals surface area contributed by atoms with E-state index in [1.54, 1.807) is 11.3 Å². The number of rotatable bonds is 5. The summed E-state index contributed by atoms with van der Waals surface area (Å²) in [6.07, 6.45) is 2.99. The molecule has 118 valence electrons. The smallest absolute Gasteiger partial charge is 0.230 e. The van der Waals surface area contributed by atoms with Gasteiger partial charge in [0.25, 0.3) is 0 Å². The lowest BCUT2D eigenvalue weighted by Crippen LogP contribution is -2.45. The lowest BCUT2D eigenvalue weighted by atomic mass is 9.86. The molecule has 2 aromatic rings. The van der Waals surface area contributed by atoms with E-state index < -0.39 is 0 Å². The fourth-order valence-corrected chi connectivity index (χ4v) is 4.82. The zero-order chi connectivity index (χ0) is 15.6. The number of amides is 1. The molecule has 1 aromatic carbocycles. The van der Waals surface area contributed by atoms with Crippen LogP contribution >= 0.6 is 23.1 Å². The number of hydrogen-bond acceptors (Lipinski definition) is 5. The number of nitrogens with one attached hydrogen (secondary N) is 1. The molecule has 1 fully saturated rings. The summed E-state index contributed by atoms with van der Waals surface area (Å²) in [5.41, 5.74) is 0.815. The van der Waals surface area contributed by atoms with E-state index in [4.69, 9.17) is 0 Å². The van der Waals surface area contributed by atoms with Gasteiger partial charge < -0.3 is 10.4 Å². The van der Waals surface area contributed by atoms with Crippen molar-refractivity contribution in [2.24, 2.45) is 5.41 Å². The summed E-state index contributed by atoms with van der Waals surface area (Å²) in [6.45, 7) is 2.18. The Morgan fingerprint density at radius 1 is 1.55 bits per heavy atom. The molecule has 1 aliphatic rings. The Bertz CT molecular complexity index is 640. The van der Waals surface area contributed by atoms with Crippen LogP contribution in [0.15, 0.2) is 28.6 Å². The molecule has 0 aliphatic heterocycles. The van der Waals surface area contributed by atoms with Gasteiger partial charge in [0, 0.05) is 11.5 Å². The van der Waals surface area contributed by atoms with Crippen LogP contribution in [0, 0.1) is 5.41 Å². The van der Waals surface area contributed by atoms with Crippen LogP contribution in [0.2, 0.25) is 0 Å². The van der Waals surface area contributed by atoms with Crippen LogP contribution in [0.4, 0.5) is 0 Å². The van der Waals surface area contributed by atoms with E-state index in [2.05, 4.69) is 10.3 Å². The third-order valence-corrected chi connectivity index (χ3v) is 6.56. The molecule has 1 heterocycles. The second kappa shape index (κ2) is 6.56. The molecular formula is C16H20N2O2S2. The van der Waals surface area contributed by atoms with E-state index in [9.17, 15) is 9.90 Å². The average molecular weight is 336 g/mol. The van der Waals surface area contributed by atoms with Crippen molar-refractivity contribution in [2.75, 3.05) is 12.4 Å². The maximum absolute atomic E-state index is 12.2. The van der Waals surface area contributed by atoms with Crippen LogP contribution < -0.4 is 5.32 Å². The molecular weight excluding hydrogens is 316 g/mol. The number of para-hydroxylation sites is 1. The Balaban J connectivity index is 1.56. The predicted octanol–water partition coefficient (Wildman–Crippen LogP) is 3.06. The minimum Gasteiger partial charge on any atom is -0.396 e. The number of aliphatic hydroxyl groups excluding tert-OH is 1. The number of nitrogens with zero attached hydrogens (tertiary/aromatic N) is 1. The number of benzene rings is 1. The van der Waals surface area contributed by atoms with E-state index in [1.165, 1.54) is 11.8 Å². The molecule has 0 radical (unpaired) electrons. The molecule has 22 heavy (non-hydrogen) atoms. The first-order chi connectivity index (χ1) is 10.6. The van der Waals surface area contributed by atoms with E-state index in [1.807, 2.05) is 31.2 Å². The van der Waals surface area contributed by atoms with Crippen molar-refractivity contribution in [2.45, 2.75) is 36.6 Å². The first kappa shape index (κ1) is 15.8. The number of aromatic nitrogens is 1. The van der Waals surface area contributed by atoms with Crippen molar-refractivity contribution in [3.05, 3.63) is 24.3 Å². The monoisotopic (exact) mass is 336 g/mol. The van der Waals surface area contributed by atoms with Gasteiger partial charge in [-0.15, -0.1) is 11.3 Å². The normalized spacial score (nSPS) is 24.7. The number of thiazole rings is 1. The summed E-state index contributed by atoms with van der Waals surface area (Å²) in [5, 5.41) is 12.6. The van der Waals surface area contributed by atoms with Gasteiger partial charge in [0.05, 0.1) is 22.6 Å². The summed E-state index contributed by atoms with van der Waals surface area (Å²) >= 11 is 3.10. The van der Waals surface area contributed by atoms with Gasteiger partial charge in [-0.2, -0.15) is 0 Å². The third-order valence-electron chi connectivity index (χ3n) is 4.38. The lowest BCUT2D eigenvalue weighted by Gasteiger charge is -2.30. The topological polar surface area (TPSA) is 62.2 Å². The van der Waals surface area contributed by atoms with Gasteiger partial charge in [0.1, 0.15) is 0 Å². The van der Waals surface area contributed by atoms with Crippen molar-refractivity contribution in [1.82, 2.24) is 10.3 Å². The highest BCUT2D eigenvalue weighted by Crippen LogP contribution is 2.37. The number of fused-ring (bicyclic) bond motifs is 1. The van der Waals surface area contributed by atoms with Crippen molar-refractivity contribution in [1.29, 1.82) is 0 Å².